The Balaban J connectivity index is 1.93. The largest absolute Gasteiger partial charge is 0.367 e. The number of nitrogens with one attached hydrogen (secondary N) is 2. The fourth-order valence-corrected chi connectivity index (χ4v) is 4.52. The average molecular weight is 384 g/mol. The molecule has 3 nitrogen and oxygen atoms in total. The molecule has 0 amide bonds. The standard InChI is InChI=1S/C21H18F2N2OS/c1-3-4-13-5-7-17-15(9-13)16-10-14(6-8-18(16)27-17)20(2)21(22,23)12-26-11-19(24)25-20/h5-10H,11-12H2,1-2H3,(H2,24,25)/t20-/m1/s1. The monoisotopic (exact) mass is 384 g/mol. The first-order chi connectivity index (χ1) is 12.8. The number of halogens is 2. The first-order valence-electron chi connectivity index (χ1n) is 8.55. The molecule has 1 atom stereocenters. The van der Waals surface area contributed by atoms with Crippen LogP contribution in [0.2, 0.25) is 0 Å². The summed E-state index contributed by atoms with van der Waals surface area (Å²) >= 11 is 1.62. The van der Waals surface area contributed by atoms with Crippen LogP contribution in [0.3, 0.4) is 0 Å². The van der Waals surface area contributed by atoms with Crippen molar-refractivity contribution in [1.29, 1.82) is 5.41 Å². The zero-order chi connectivity index (χ0) is 19.2. The summed E-state index contributed by atoms with van der Waals surface area (Å²) in [5, 5.41) is 12.5. The summed E-state index contributed by atoms with van der Waals surface area (Å²) in [7, 11) is 0. The molecule has 1 aliphatic rings. The highest BCUT2D eigenvalue weighted by molar-refractivity contribution is 7.25. The number of thiophene rings is 1. The van der Waals surface area contributed by atoms with Crippen molar-refractivity contribution in [2.24, 2.45) is 0 Å². The molecular weight excluding hydrogens is 366 g/mol. The van der Waals surface area contributed by atoms with Crippen molar-refractivity contribution < 1.29 is 13.5 Å². The number of ether oxygens (including phenoxy) is 1. The van der Waals surface area contributed by atoms with Crippen molar-refractivity contribution in [3.8, 4) is 11.8 Å². The number of fused-ring (bicyclic) bond motifs is 3. The summed E-state index contributed by atoms with van der Waals surface area (Å²) in [5.41, 5.74) is -0.388. The number of alkyl halides is 2. The molecule has 1 aromatic heterocycles. The summed E-state index contributed by atoms with van der Waals surface area (Å²) in [6, 6.07) is 11.4. The number of rotatable bonds is 1. The number of benzene rings is 2. The molecular formula is C21H18F2N2OS. The van der Waals surface area contributed by atoms with E-state index in [2.05, 4.69) is 17.2 Å². The molecule has 0 spiro atoms. The van der Waals surface area contributed by atoms with Crippen LogP contribution in [0.15, 0.2) is 36.4 Å². The number of hydrogen-bond acceptors (Lipinski definition) is 3. The van der Waals surface area contributed by atoms with Gasteiger partial charge in [-0.05, 0) is 49.7 Å². The predicted molar refractivity (Wildman–Crippen MR) is 106 cm³/mol. The Bertz CT molecular complexity index is 1130. The minimum Gasteiger partial charge on any atom is -0.367 e. The van der Waals surface area contributed by atoms with Crippen LogP contribution >= 0.6 is 11.3 Å². The third kappa shape index (κ3) is 2.88. The van der Waals surface area contributed by atoms with E-state index >= 15 is 0 Å². The molecule has 0 bridgehead atoms. The summed E-state index contributed by atoms with van der Waals surface area (Å²) < 4.78 is 36.8. The zero-order valence-electron chi connectivity index (χ0n) is 15.0. The Morgan fingerprint density at radius 1 is 1.15 bits per heavy atom. The molecule has 2 N–H and O–H groups in total. The molecule has 1 aliphatic heterocycles. The lowest BCUT2D eigenvalue weighted by atomic mass is 9.85. The molecule has 0 saturated carbocycles. The molecule has 1 saturated heterocycles. The van der Waals surface area contributed by atoms with E-state index in [0.717, 1.165) is 25.7 Å². The quantitative estimate of drug-likeness (QED) is 0.588. The van der Waals surface area contributed by atoms with Gasteiger partial charge in [0.25, 0.3) is 5.92 Å². The van der Waals surface area contributed by atoms with Gasteiger partial charge < -0.3 is 10.1 Å². The summed E-state index contributed by atoms with van der Waals surface area (Å²) in [6.45, 7) is 2.34. The SMILES string of the molecule is CC#Cc1ccc2sc3ccc([C@@]4(C)NC(=N)COCC4(F)F)cc3c2c1. The van der Waals surface area contributed by atoms with Crippen LogP contribution in [0.4, 0.5) is 8.78 Å². The molecule has 2 aromatic carbocycles. The minimum absolute atomic E-state index is 0.0505. The van der Waals surface area contributed by atoms with Crippen molar-refractivity contribution in [3.63, 3.8) is 0 Å². The van der Waals surface area contributed by atoms with Crippen LogP contribution in [0, 0.1) is 17.3 Å². The van der Waals surface area contributed by atoms with Gasteiger partial charge in [0.1, 0.15) is 24.6 Å². The summed E-state index contributed by atoms with van der Waals surface area (Å²) in [6.07, 6.45) is 0. The van der Waals surface area contributed by atoms with Crippen LogP contribution in [-0.2, 0) is 10.3 Å². The maximum absolute atomic E-state index is 14.9. The van der Waals surface area contributed by atoms with Gasteiger partial charge in [-0.1, -0.05) is 12.0 Å². The van der Waals surface area contributed by atoms with Crippen LogP contribution in [0.1, 0.15) is 25.0 Å². The average Bonchev–Trinajstić information content (AvgIpc) is 2.93. The zero-order valence-corrected chi connectivity index (χ0v) is 15.8. The molecule has 6 heteroatoms. The fourth-order valence-electron chi connectivity index (χ4n) is 3.45. The van der Waals surface area contributed by atoms with Gasteiger partial charge in [0.15, 0.2) is 0 Å². The van der Waals surface area contributed by atoms with Crippen LogP contribution < -0.4 is 5.32 Å². The number of amidine groups is 1. The Hall–Kier alpha value is -2.49. The number of hydrogen-bond donors (Lipinski definition) is 2. The molecule has 138 valence electrons. The third-order valence-electron chi connectivity index (χ3n) is 4.98. The van der Waals surface area contributed by atoms with Crippen LogP contribution in [0.5, 0.6) is 0 Å². The highest BCUT2D eigenvalue weighted by Gasteiger charge is 2.53. The van der Waals surface area contributed by atoms with Crippen molar-refractivity contribution in [3.05, 3.63) is 47.5 Å². The van der Waals surface area contributed by atoms with E-state index in [9.17, 15) is 8.78 Å². The van der Waals surface area contributed by atoms with Crippen molar-refractivity contribution in [2.45, 2.75) is 25.3 Å². The Morgan fingerprint density at radius 3 is 2.59 bits per heavy atom. The lowest BCUT2D eigenvalue weighted by Gasteiger charge is -2.36. The van der Waals surface area contributed by atoms with E-state index in [1.165, 1.54) is 6.92 Å². The fraction of sp³-hybridized carbons (Fsp3) is 0.286. The van der Waals surface area contributed by atoms with Gasteiger partial charge in [-0.15, -0.1) is 17.3 Å². The Kier molecular flexibility index (Phi) is 4.17. The predicted octanol–water partition coefficient (Wildman–Crippen LogP) is 4.87. The van der Waals surface area contributed by atoms with Crippen molar-refractivity contribution >= 4 is 37.3 Å². The van der Waals surface area contributed by atoms with Gasteiger partial charge in [0.05, 0.1) is 0 Å². The van der Waals surface area contributed by atoms with Crippen molar-refractivity contribution in [1.82, 2.24) is 5.32 Å². The summed E-state index contributed by atoms with van der Waals surface area (Å²) in [4.78, 5) is 0. The molecule has 4 rings (SSSR count). The maximum atomic E-state index is 14.9. The second-order valence-corrected chi connectivity index (χ2v) is 7.91. The summed E-state index contributed by atoms with van der Waals surface area (Å²) in [5.74, 6) is 2.72. The van der Waals surface area contributed by atoms with E-state index in [1.54, 1.807) is 30.4 Å². The van der Waals surface area contributed by atoms with E-state index < -0.39 is 18.1 Å². The first-order valence-corrected chi connectivity index (χ1v) is 9.36. The van der Waals surface area contributed by atoms with Gasteiger partial charge >= 0.3 is 0 Å². The molecule has 0 aliphatic carbocycles. The van der Waals surface area contributed by atoms with Crippen molar-refractivity contribution in [2.75, 3.05) is 13.2 Å². The molecule has 1 fully saturated rings. The first kappa shape index (κ1) is 17.9. The van der Waals surface area contributed by atoms with E-state index in [1.807, 2.05) is 24.3 Å². The Morgan fingerprint density at radius 2 is 1.85 bits per heavy atom. The molecule has 0 radical (unpaired) electrons. The molecule has 2 heterocycles. The lowest BCUT2D eigenvalue weighted by Crippen LogP contribution is -2.55. The maximum Gasteiger partial charge on any atom is 0.297 e. The van der Waals surface area contributed by atoms with Gasteiger partial charge in [-0.2, -0.15) is 0 Å². The molecule has 27 heavy (non-hydrogen) atoms. The topological polar surface area (TPSA) is 45.1 Å². The minimum atomic E-state index is -3.16. The smallest absolute Gasteiger partial charge is 0.297 e. The molecule has 3 aromatic rings. The van der Waals surface area contributed by atoms with E-state index in [0.29, 0.717) is 5.56 Å². The van der Waals surface area contributed by atoms with Gasteiger partial charge in [0, 0.05) is 25.7 Å². The Labute approximate surface area is 159 Å². The van der Waals surface area contributed by atoms with Crippen LogP contribution in [-0.4, -0.2) is 25.0 Å². The lowest BCUT2D eigenvalue weighted by molar-refractivity contribution is -0.119. The van der Waals surface area contributed by atoms with Crippen LogP contribution in [0.25, 0.3) is 20.2 Å². The highest BCUT2D eigenvalue weighted by atomic mass is 32.1. The normalized spacial score (nSPS) is 22.1. The second kappa shape index (κ2) is 6.29. The molecule has 0 unspecified atom stereocenters. The van der Waals surface area contributed by atoms with Gasteiger partial charge in [0.2, 0.25) is 0 Å². The van der Waals surface area contributed by atoms with E-state index in [-0.39, 0.29) is 12.4 Å². The third-order valence-corrected chi connectivity index (χ3v) is 6.13. The second-order valence-electron chi connectivity index (χ2n) is 6.82. The van der Waals surface area contributed by atoms with Gasteiger partial charge in [-0.25, -0.2) is 8.78 Å². The van der Waals surface area contributed by atoms with Gasteiger partial charge in [-0.3, -0.25) is 5.41 Å². The highest BCUT2D eigenvalue weighted by Crippen LogP contribution is 2.42. The van der Waals surface area contributed by atoms with E-state index in [4.69, 9.17) is 10.1 Å².